The monoisotopic (exact) mass is 497 g/mol. The molecule has 210 valence electrons. The smallest absolute Gasteiger partial charge is 0.220 e. The van der Waals surface area contributed by atoms with Gasteiger partial charge in [-0.3, -0.25) is 4.79 Å². The quantitative estimate of drug-likeness (QED) is 0.0947. The Morgan fingerprint density at radius 1 is 0.571 bits per heavy atom. The van der Waals surface area contributed by atoms with Crippen LogP contribution in [-0.2, 0) is 4.79 Å². The highest BCUT2D eigenvalue weighted by atomic mass is 16.3. The van der Waals surface area contributed by atoms with Crippen LogP contribution in [0.3, 0.4) is 0 Å². The normalized spacial score (nSPS) is 13.1. The summed E-state index contributed by atoms with van der Waals surface area (Å²) in [5.41, 5.74) is 0. The summed E-state index contributed by atoms with van der Waals surface area (Å²) in [7, 11) is 0. The number of carbonyl (C=O) groups excluding carboxylic acids is 1. The Morgan fingerprint density at radius 2 is 0.914 bits per heavy atom. The summed E-state index contributed by atoms with van der Waals surface area (Å²) in [5.74, 6) is -0.0555. The molecule has 0 saturated carbocycles. The van der Waals surface area contributed by atoms with Crippen molar-refractivity contribution in [2.75, 3.05) is 6.61 Å². The van der Waals surface area contributed by atoms with E-state index < -0.39 is 12.1 Å². The number of rotatable bonds is 28. The van der Waals surface area contributed by atoms with Crippen molar-refractivity contribution < 1.29 is 15.0 Å². The largest absolute Gasteiger partial charge is 0.394 e. The van der Waals surface area contributed by atoms with Gasteiger partial charge in [-0.2, -0.15) is 0 Å². The molecule has 2 atom stereocenters. The molecule has 1 amide bonds. The molecule has 35 heavy (non-hydrogen) atoms. The van der Waals surface area contributed by atoms with E-state index in [2.05, 4.69) is 19.2 Å². The Kier molecular flexibility index (Phi) is 27.5. The third kappa shape index (κ3) is 24.8. The van der Waals surface area contributed by atoms with Gasteiger partial charge in [-0.15, -0.1) is 0 Å². The van der Waals surface area contributed by atoms with Crippen molar-refractivity contribution in [2.45, 2.75) is 187 Å². The summed E-state index contributed by atoms with van der Waals surface area (Å²) in [5, 5.41) is 22.6. The molecule has 0 aromatic rings. The van der Waals surface area contributed by atoms with Crippen molar-refractivity contribution in [3.63, 3.8) is 0 Å². The first kappa shape index (κ1) is 34.4. The standard InChI is InChI=1S/C31H63NO3/c1-3-5-7-8-9-10-11-12-13-14-15-16-17-18-19-20-21-22-23-25-26-30(34)29(28-33)32-31(35)27-24-6-4-2/h29-30,33-34H,3-28H2,1-2H3,(H,32,35). The lowest BCUT2D eigenvalue weighted by molar-refractivity contribution is -0.123. The highest BCUT2D eigenvalue weighted by Crippen LogP contribution is 2.15. The van der Waals surface area contributed by atoms with Crippen LogP contribution in [-0.4, -0.2) is 34.9 Å². The molecule has 0 aromatic carbocycles. The molecule has 0 aliphatic heterocycles. The molecule has 0 spiro atoms. The van der Waals surface area contributed by atoms with Crippen LogP contribution >= 0.6 is 0 Å². The van der Waals surface area contributed by atoms with Crippen LogP contribution in [0.25, 0.3) is 0 Å². The molecule has 4 nitrogen and oxygen atoms in total. The summed E-state index contributed by atoms with van der Waals surface area (Å²) < 4.78 is 0. The van der Waals surface area contributed by atoms with Crippen molar-refractivity contribution in [3.8, 4) is 0 Å². The zero-order valence-corrected chi connectivity index (χ0v) is 23.8. The second-order valence-corrected chi connectivity index (χ2v) is 10.9. The number of hydrogen-bond donors (Lipinski definition) is 3. The van der Waals surface area contributed by atoms with E-state index in [1.807, 2.05) is 0 Å². The first-order valence-electron chi connectivity index (χ1n) is 15.7. The number of nitrogens with one attached hydrogen (secondary N) is 1. The fourth-order valence-corrected chi connectivity index (χ4v) is 4.89. The molecule has 2 unspecified atom stereocenters. The van der Waals surface area contributed by atoms with Crippen LogP contribution in [0.4, 0.5) is 0 Å². The molecule has 0 saturated heterocycles. The Morgan fingerprint density at radius 3 is 1.29 bits per heavy atom. The van der Waals surface area contributed by atoms with Crippen molar-refractivity contribution in [1.29, 1.82) is 0 Å². The minimum atomic E-state index is -0.648. The maximum atomic E-state index is 11.9. The van der Waals surface area contributed by atoms with Crippen LogP contribution in [0.1, 0.15) is 174 Å². The maximum absolute atomic E-state index is 11.9. The van der Waals surface area contributed by atoms with Crippen LogP contribution in [0, 0.1) is 0 Å². The molecule has 3 N–H and O–H groups in total. The Bertz CT molecular complexity index is 429. The van der Waals surface area contributed by atoms with E-state index in [0.29, 0.717) is 12.8 Å². The second kappa shape index (κ2) is 28.0. The van der Waals surface area contributed by atoms with E-state index in [1.54, 1.807) is 0 Å². The molecule has 4 heteroatoms. The summed E-state index contributed by atoms with van der Waals surface area (Å²) in [6.45, 7) is 4.20. The van der Waals surface area contributed by atoms with Crippen molar-refractivity contribution in [2.24, 2.45) is 0 Å². The lowest BCUT2D eigenvalue weighted by Crippen LogP contribution is -2.45. The van der Waals surface area contributed by atoms with E-state index in [9.17, 15) is 15.0 Å². The molecular formula is C31H63NO3. The zero-order chi connectivity index (χ0) is 25.8. The predicted molar refractivity (Wildman–Crippen MR) is 152 cm³/mol. The first-order chi connectivity index (χ1) is 17.2. The van der Waals surface area contributed by atoms with Crippen LogP contribution in [0.15, 0.2) is 0 Å². The minimum absolute atomic E-state index is 0.0555. The number of hydrogen-bond acceptors (Lipinski definition) is 3. The number of amides is 1. The number of aliphatic hydroxyl groups is 2. The molecule has 0 radical (unpaired) electrons. The van der Waals surface area contributed by atoms with Crippen LogP contribution in [0.2, 0.25) is 0 Å². The van der Waals surface area contributed by atoms with Gasteiger partial charge in [0.2, 0.25) is 5.91 Å². The van der Waals surface area contributed by atoms with Gasteiger partial charge in [0.25, 0.3) is 0 Å². The first-order valence-corrected chi connectivity index (χ1v) is 15.7. The molecular weight excluding hydrogens is 434 g/mol. The summed E-state index contributed by atoms with van der Waals surface area (Å²) >= 11 is 0. The number of aliphatic hydroxyl groups excluding tert-OH is 2. The summed E-state index contributed by atoms with van der Waals surface area (Å²) in [6.07, 6.45) is 30.7. The Labute approximate surface area is 219 Å². The number of carbonyl (C=O) groups is 1. The van der Waals surface area contributed by atoms with Gasteiger partial charge in [-0.05, 0) is 12.8 Å². The van der Waals surface area contributed by atoms with Crippen LogP contribution < -0.4 is 5.32 Å². The molecule has 0 bridgehead atoms. The maximum Gasteiger partial charge on any atom is 0.220 e. The van der Waals surface area contributed by atoms with Gasteiger partial charge in [0.15, 0.2) is 0 Å². The molecule has 0 heterocycles. The van der Waals surface area contributed by atoms with Crippen molar-refractivity contribution in [3.05, 3.63) is 0 Å². The molecule has 0 fully saturated rings. The topological polar surface area (TPSA) is 69.6 Å². The predicted octanol–water partition coefficient (Wildman–Crippen LogP) is 8.62. The highest BCUT2D eigenvalue weighted by Gasteiger charge is 2.19. The molecule has 0 aliphatic rings. The van der Waals surface area contributed by atoms with Crippen molar-refractivity contribution in [1.82, 2.24) is 5.32 Å². The lowest BCUT2D eigenvalue weighted by Gasteiger charge is -2.22. The van der Waals surface area contributed by atoms with E-state index in [4.69, 9.17) is 0 Å². The van der Waals surface area contributed by atoms with Gasteiger partial charge in [-0.25, -0.2) is 0 Å². The van der Waals surface area contributed by atoms with Gasteiger partial charge >= 0.3 is 0 Å². The average Bonchev–Trinajstić information content (AvgIpc) is 2.86. The van der Waals surface area contributed by atoms with E-state index in [-0.39, 0.29) is 12.5 Å². The van der Waals surface area contributed by atoms with E-state index >= 15 is 0 Å². The summed E-state index contributed by atoms with van der Waals surface area (Å²) in [6, 6.07) is -0.524. The Hall–Kier alpha value is -0.610. The minimum Gasteiger partial charge on any atom is -0.394 e. The fraction of sp³-hybridized carbons (Fsp3) is 0.968. The molecule has 0 rings (SSSR count). The zero-order valence-electron chi connectivity index (χ0n) is 23.8. The van der Waals surface area contributed by atoms with Gasteiger partial charge in [0, 0.05) is 6.42 Å². The Balaban J connectivity index is 3.37. The SMILES string of the molecule is CCCCCCCCCCCCCCCCCCCCCCC(O)C(CO)NC(=O)CCCCC. The fourth-order valence-electron chi connectivity index (χ4n) is 4.89. The number of unbranched alkanes of at least 4 members (excludes halogenated alkanes) is 21. The van der Waals surface area contributed by atoms with Crippen molar-refractivity contribution >= 4 is 5.91 Å². The lowest BCUT2D eigenvalue weighted by atomic mass is 10.0. The van der Waals surface area contributed by atoms with E-state index in [0.717, 1.165) is 32.1 Å². The van der Waals surface area contributed by atoms with Gasteiger partial charge in [0.05, 0.1) is 18.8 Å². The highest BCUT2D eigenvalue weighted by molar-refractivity contribution is 5.76. The van der Waals surface area contributed by atoms with E-state index in [1.165, 1.54) is 116 Å². The molecule has 0 aromatic heterocycles. The van der Waals surface area contributed by atoms with Gasteiger partial charge in [0.1, 0.15) is 0 Å². The second-order valence-electron chi connectivity index (χ2n) is 10.9. The van der Waals surface area contributed by atoms with Gasteiger partial charge < -0.3 is 15.5 Å². The summed E-state index contributed by atoms with van der Waals surface area (Å²) in [4.78, 5) is 11.9. The molecule has 0 aliphatic carbocycles. The van der Waals surface area contributed by atoms with Gasteiger partial charge in [-0.1, -0.05) is 155 Å². The third-order valence-electron chi connectivity index (χ3n) is 7.37. The third-order valence-corrected chi connectivity index (χ3v) is 7.37. The average molecular weight is 498 g/mol. The van der Waals surface area contributed by atoms with Crippen LogP contribution in [0.5, 0.6) is 0 Å².